The first kappa shape index (κ1) is 23.7. The van der Waals surface area contributed by atoms with Crippen molar-refractivity contribution in [1.29, 1.82) is 0 Å². The van der Waals surface area contributed by atoms with Crippen LogP contribution in [0.15, 0.2) is 42.5 Å². The van der Waals surface area contributed by atoms with Crippen LogP contribution in [-0.2, 0) is 0 Å². The summed E-state index contributed by atoms with van der Waals surface area (Å²) in [4.78, 5) is 19.6. The summed E-state index contributed by atoms with van der Waals surface area (Å²) in [6, 6.07) is 14.4. The fraction of sp³-hybridized carbons (Fsp3) is 0.500. The Kier molecular flexibility index (Phi) is 7.66. The number of ether oxygens (including phenoxy) is 1. The Morgan fingerprint density at radius 1 is 1.03 bits per heavy atom. The van der Waals surface area contributed by atoms with Crippen LogP contribution in [0.4, 0.5) is 16.2 Å². The van der Waals surface area contributed by atoms with Crippen LogP contribution in [0.3, 0.4) is 0 Å². The summed E-state index contributed by atoms with van der Waals surface area (Å²) < 4.78 is 5.66. The lowest BCUT2D eigenvalue weighted by atomic mass is 9.88. The van der Waals surface area contributed by atoms with Gasteiger partial charge >= 0.3 is 6.03 Å². The Balaban J connectivity index is 1.37. The SMILES string of the molecule is COc1ccc(NC(=O)N2CCN(c3ccccc3Cl)CC2)cc1C1CCN(C(C)C)CC1. The Hall–Kier alpha value is -2.44. The lowest BCUT2D eigenvalue weighted by Crippen LogP contribution is -2.50. The van der Waals surface area contributed by atoms with Gasteiger partial charge in [0.25, 0.3) is 0 Å². The molecule has 0 aromatic heterocycles. The van der Waals surface area contributed by atoms with Crippen molar-refractivity contribution in [1.82, 2.24) is 9.80 Å². The second-order valence-corrected chi connectivity index (χ2v) is 9.62. The first-order valence-corrected chi connectivity index (χ1v) is 12.3. The molecule has 2 amide bonds. The van der Waals surface area contributed by atoms with Crippen molar-refractivity contribution in [3.8, 4) is 5.75 Å². The number of likely N-dealkylation sites (tertiary alicyclic amines) is 1. The Morgan fingerprint density at radius 2 is 1.73 bits per heavy atom. The number of amides is 2. The maximum Gasteiger partial charge on any atom is 0.321 e. The van der Waals surface area contributed by atoms with E-state index in [1.54, 1.807) is 7.11 Å². The number of piperazine rings is 1. The molecule has 2 fully saturated rings. The van der Waals surface area contributed by atoms with Crippen molar-refractivity contribution in [2.24, 2.45) is 0 Å². The van der Waals surface area contributed by atoms with E-state index < -0.39 is 0 Å². The fourth-order valence-electron chi connectivity index (χ4n) is 4.92. The van der Waals surface area contributed by atoms with E-state index in [2.05, 4.69) is 35.0 Å². The number of nitrogens with one attached hydrogen (secondary N) is 1. The van der Waals surface area contributed by atoms with Gasteiger partial charge in [-0.25, -0.2) is 4.79 Å². The number of piperidine rings is 1. The number of nitrogens with zero attached hydrogens (tertiary/aromatic N) is 3. The van der Waals surface area contributed by atoms with Crippen LogP contribution in [0.5, 0.6) is 5.75 Å². The Bertz CT molecular complexity index is 951. The molecule has 0 aliphatic carbocycles. The first-order valence-electron chi connectivity index (χ1n) is 11.9. The molecule has 0 saturated carbocycles. The molecule has 2 aromatic rings. The number of para-hydroxylation sites is 1. The summed E-state index contributed by atoms with van der Waals surface area (Å²) in [5, 5.41) is 3.86. The molecule has 0 atom stereocenters. The summed E-state index contributed by atoms with van der Waals surface area (Å²) in [6.07, 6.45) is 2.21. The van der Waals surface area contributed by atoms with Crippen LogP contribution in [-0.4, -0.2) is 68.3 Å². The number of rotatable bonds is 5. The minimum atomic E-state index is -0.0560. The van der Waals surface area contributed by atoms with E-state index in [0.717, 1.165) is 61.2 Å². The van der Waals surface area contributed by atoms with Crippen LogP contribution < -0.4 is 15.0 Å². The average Bonchev–Trinajstić information content (AvgIpc) is 2.84. The fourth-order valence-corrected chi connectivity index (χ4v) is 5.17. The standard InChI is InChI=1S/C26H35ClN4O2/c1-19(2)29-12-10-20(11-13-29)22-18-21(8-9-25(22)33-3)28-26(32)31-16-14-30(15-17-31)24-7-5-4-6-23(24)27/h4-9,18-20H,10-17H2,1-3H3,(H,28,32). The van der Waals surface area contributed by atoms with Gasteiger partial charge in [-0.3, -0.25) is 0 Å². The molecular formula is C26H35ClN4O2. The third-order valence-corrected chi connectivity index (χ3v) is 7.26. The maximum atomic E-state index is 13.0. The zero-order valence-corrected chi connectivity index (χ0v) is 20.6. The maximum absolute atomic E-state index is 13.0. The van der Waals surface area contributed by atoms with Gasteiger partial charge in [0, 0.05) is 37.9 Å². The monoisotopic (exact) mass is 470 g/mol. The molecule has 0 bridgehead atoms. The number of benzene rings is 2. The van der Waals surface area contributed by atoms with Gasteiger partial charge < -0.3 is 24.8 Å². The minimum Gasteiger partial charge on any atom is -0.496 e. The van der Waals surface area contributed by atoms with Gasteiger partial charge in [-0.2, -0.15) is 0 Å². The molecule has 0 unspecified atom stereocenters. The van der Waals surface area contributed by atoms with Gasteiger partial charge in [-0.05, 0) is 81.6 Å². The van der Waals surface area contributed by atoms with Gasteiger partial charge in [-0.1, -0.05) is 23.7 Å². The molecule has 1 N–H and O–H groups in total. The van der Waals surface area contributed by atoms with Gasteiger partial charge in [-0.15, -0.1) is 0 Å². The molecule has 2 heterocycles. The van der Waals surface area contributed by atoms with E-state index in [4.69, 9.17) is 16.3 Å². The smallest absolute Gasteiger partial charge is 0.321 e. The zero-order valence-electron chi connectivity index (χ0n) is 19.9. The van der Waals surface area contributed by atoms with Crippen molar-refractivity contribution in [2.75, 3.05) is 56.6 Å². The van der Waals surface area contributed by atoms with Crippen LogP contribution >= 0.6 is 11.6 Å². The predicted octanol–water partition coefficient (Wildman–Crippen LogP) is 5.29. The molecule has 2 aromatic carbocycles. The lowest BCUT2D eigenvalue weighted by molar-refractivity contribution is 0.171. The van der Waals surface area contributed by atoms with Gasteiger partial charge in [0.2, 0.25) is 0 Å². The number of halogens is 1. The molecular weight excluding hydrogens is 436 g/mol. The minimum absolute atomic E-state index is 0.0560. The number of carbonyl (C=O) groups excluding carboxylic acids is 1. The number of urea groups is 1. The third kappa shape index (κ3) is 5.56. The number of carbonyl (C=O) groups is 1. The number of methoxy groups -OCH3 is 1. The lowest BCUT2D eigenvalue weighted by Gasteiger charge is -2.36. The molecule has 2 saturated heterocycles. The normalized spacial score (nSPS) is 18.0. The molecule has 7 heteroatoms. The Morgan fingerprint density at radius 3 is 2.36 bits per heavy atom. The highest BCUT2D eigenvalue weighted by Crippen LogP contribution is 2.36. The molecule has 33 heavy (non-hydrogen) atoms. The van der Waals surface area contributed by atoms with E-state index in [9.17, 15) is 4.79 Å². The topological polar surface area (TPSA) is 48.1 Å². The first-order chi connectivity index (χ1) is 16.0. The molecule has 2 aliphatic rings. The van der Waals surface area contributed by atoms with E-state index in [1.165, 1.54) is 5.56 Å². The summed E-state index contributed by atoms with van der Waals surface area (Å²) >= 11 is 6.34. The van der Waals surface area contributed by atoms with E-state index in [-0.39, 0.29) is 6.03 Å². The van der Waals surface area contributed by atoms with E-state index >= 15 is 0 Å². The van der Waals surface area contributed by atoms with Crippen LogP contribution in [0.2, 0.25) is 5.02 Å². The molecule has 178 valence electrons. The van der Waals surface area contributed by atoms with Gasteiger partial charge in [0.15, 0.2) is 0 Å². The van der Waals surface area contributed by atoms with Crippen LogP contribution in [0.25, 0.3) is 0 Å². The number of hydrogen-bond acceptors (Lipinski definition) is 4. The van der Waals surface area contributed by atoms with Crippen molar-refractivity contribution >= 4 is 29.0 Å². The second-order valence-electron chi connectivity index (χ2n) is 9.22. The second kappa shape index (κ2) is 10.7. The molecule has 0 spiro atoms. The summed E-state index contributed by atoms with van der Waals surface area (Å²) in [5.41, 5.74) is 3.06. The van der Waals surface area contributed by atoms with E-state index in [0.29, 0.717) is 25.0 Å². The van der Waals surface area contributed by atoms with Crippen molar-refractivity contribution in [3.05, 3.63) is 53.1 Å². The number of hydrogen-bond donors (Lipinski definition) is 1. The van der Waals surface area contributed by atoms with Gasteiger partial charge in [0.05, 0.1) is 17.8 Å². The quantitative estimate of drug-likeness (QED) is 0.645. The summed E-state index contributed by atoms with van der Waals surface area (Å²) in [7, 11) is 1.72. The average molecular weight is 471 g/mol. The largest absolute Gasteiger partial charge is 0.496 e. The van der Waals surface area contributed by atoms with E-state index in [1.807, 2.05) is 41.3 Å². The highest BCUT2D eigenvalue weighted by atomic mass is 35.5. The molecule has 4 rings (SSSR count). The Labute approximate surface area is 202 Å². The third-order valence-electron chi connectivity index (χ3n) is 6.94. The molecule has 6 nitrogen and oxygen atoms in total. The predicted molar refractivity (Wildman–Crippen MR) is 136 cm³/mol. The molecule has 2 aliphatic heterocycles. The zero-order chi connectivity index (χ0) is 23.4. The van der Waals surface area contributed by atoms with Crippen molar-refractivity contribution < 1.29 is 9.53 Å². The van der Waals surface area contributed by atoms with Crippen LogP contribution in [0.1, 0.15) is 38.2 Å². The van der Waals surface area contributed by atoms with Crippen molar-refractivity contribution in [2.45, 2.75) is 38.6 Å². The molecule has 0 radical (unpaired) electrons. The number of anilines is 2. The summed E-state index contributed by atoms with van der Waals surface area (Å²) in [5.74, 6) is 1.36. The highest BCUT2D eigenvalue weighted by Gasteiger charge is 2.26. The highest BCUT2D eigenvalue weighted by molar-refractivity contribution is 6.33. The summed E-state index contributed by atoms with van der Waals surface area (Å²) in [6.45, 7) is 9.55. The van der Waals surface area contributed by atoms with Crippen LogP contribution in [0, 0.1) is 0 Å². The van der Waals surface area contributed by atoms with Crippen molar-refractivity contribution in [3.63, 3.8) is 0 Å². The van der Waals surface area contributed by atoms with Gasteiger partial charge in [0.1, 0.15) is 5.75 Å².